The van der Waals surface area contributed by atoms with Gasteiger partial charge in [-0.2, -0.15) is 0 Å². The van der Waals surface area contributed by atoms with Crippen LogP contribution in [0.5, 0.6) is 5.75 Å². The molecule has 2 aromatic rings. The van der Waals surface area contributed by atoms with Crippen LogP contribution in [0.25, 0.3) is 0 Å². The molecule has 0 bridgehead atoms. The number of nitrogens with zero attached hydrogens (tertiary/aromatic N) is 2. The highest BCUT2D eigenvalue weighted by atomic mass is 35.5. The van der Waals surface area contributed by atoms with E-state index < -0.39 is 29.5 Å². The average molecular weight is 539 g/mol. The van der Waals surface area contributed by atoms with Crippen molar-refractivity contribution < 1.29 is 29.4 Å². The Morgan fingerprint density at radius 3 is 2.50 bits per heavy atom. The van der Waals surface area contributed by atoms with E-state index in [1.54, 1.807) is 41.9 Å². The van der Waals surface area contributed by atoms with Gasteiger partial charge >= 0.3 is 0 Å². The normalized spacial score (nSPS) is 18.1. The molecular formula is C23H26Cl2N5O6-. The van der Waals surface area contributed by atoms with Crippen molar-refractivity contribution >= 4 is 41.1 Å². The number of benzene rings is 1. The molecule has 5 N–H and O–H groups in total. The van der Waals surface area contributed by atoms with Crippen molar-refractivity contribution in [1.29, 1.82) is 0 Å². The molecule has 0 radical (unpaired) electrons. The van der Waals surface area contributed by atoms with Gasteiger partial charge in [0.25, 0.3) is 5.91 Å². The van der Waals surface area contributed by atoms with Gasteiger partial charge in [-0.3, -0.25) is 14.8 Å². The average Bonchev–Trinajstić information content (AvgIpc) is 3.14. The summed E-state index contributed by atoms with van der Waals surface area (Å²) in [6.45, 7) is 0.574. The largest absolute Gasteiger partial charge is 0.530 e. The third-order valence-electron chi connectivity index (χ3n) is 5.95. The number of hydrogen-bond donors (Lipinski definition) is 4. The number of carbonyl (C=O) groups excluding carboxylic acids is 3. The molecule has 2 unspecified atom stereocenters. The molecule has 1 aromatic heterocycles. The Morgan fingerprint density at radius 1 is 1.22 bits per heavy atom. The Hall–Kier alpha value is -3.12. The van der Waals surface area contributed by atoms with E-state index >= 15 is 0 Å². The van der Waals surface area contributed by atoms with Crippen LogP contribution in [0, 0.1) is 0 Å². The SMILES string of the molecule is NC1(c2ccc(OCc3cc(Cl)nc(Cl)c3)cc2)CCN(C(CCCCNC(=O)[O-])C(=O)NO)C1=O. The molecule has 36 heavy (non-hydrogen) atoms. The lowest BCUT2D eigenvalue weighted by molar-refractivity contribution is -0.250. The van der Waals surface area contributed by atoms with Gasteiger partial charge in [-0.05, 0) is 61.1 Å². The highest BCUT2D eigenvalue weighted by Gasteiger charge is 2.48. The van der Waals surface area contributed by atoms with Gasteiger partial charge in [0.15, 0.2) is 0 Å². The second-order valence-corrected chi connectivity index (χ2v) is 9.13. The predicted octanol–water partition coefficient (Wildman–Crippen LogP) is 1.33. The van der Waals surface area contributed by atoms with Crippen LogP contribution < -0.4 is 26.4 Å². The van der Waals surface area contributed by atoms with Crippen LogP contribution in [0.3, 0.4) is 0 Å². The summed E-state index contributed by atoms with van der Waals surface area (Å²) in [7, 11) is 0. The summed E-state index contributed by atoms with van der Waals surface area (Å²) >= 11 is 11.8. The smallest absolute Gasteiger partial charge is 0.266 e. The molecule has 1 aromatic carbocycles. The zero-order valence-electron chi connectivity index (χ0n) is 19.2. The number of rotatable bonds is 11. The van der Waals surface area contributed by atoms with Crippen LogP contribution in [0.2, 0.25) is 10.3 Å². The highest BCUT2D eigenvalue weighted by Crippen LogP contribution is 2.34. The minimum atomic E-state index is -1.38. The van der Waals surface area contributed by atoms with Gasteiger partial charge in [-0.25, -0.2) is 10.5 Å². The molecule has 1 saturated heterocycles. The molecule has 11 nitrogen and oxygen atoms in total. The summed E-state index contributed by atoms with van der Waals surface area (Å²) < 4.78 is 5.76. The Labute approximate surface area is 217 Å². The van der Waals surface area contributed by atoms with Gasteiger partial charge in [0, 0.05) is 13.1 Å². The number of likely N-dealkylation sites (tertiary alicyclic amines) is 1. The van der Waals surface area contributed by atoms with Crippen molar-refractivity contribution in [2.45, 2.75) is 43.9 Å². The maximum Gasteiger partial charge on any atom is 0.266 e. The standard InChI is InChI=1S/C23H27Cl2N5O6/c24-18-11-14(12-19(25)28-18)13-36-16-6-4-15(5-7-16)23(26)8-10-30(21(23)32)17(20(31)29-35)3-1-2-9-27-22(33)34/h4-7,11-12,17,27,35H,1-3,8-10,13,26H2,(H,29,31)(H,33,34)/p-1. The molecule has 3 amide bonds. The van der Waals surface area contributed by atoms with Gasteiger partial charge in [0.1, 0.15) is 40.3 Å². The van der Waals surface area contributed by atoms with Crippen molar-refractivity contribution in [3.63, 3.8) is 0 Å². The third-order valence-corrected chi connectivity index (χ3v) is 6.34. The first-order valence-electron chi connectivity index (χ1n) is 11.2. The van der Waals surface area contributed by atoms with E-state index in [0.717, 1.165) is 5.56 Å². The maximum absolute atomic E-state index is 13.3. The highest BCUT2D eigenvalue weighted by molar-refractivity contribution is 6.32. The van der Waals surface area contributed by atoms with E-state index in [9.17, 15) is 19.5 Å². The molecule has 2 atom stereocenters. The van der Waals surface area contributed by atoms with Gasteiger partial charge in [0.2, 0.25) is 5.91 Å². The fourth-order valence-corrected chi connectivity index (χ4v) is 4.60. The summed E-state index contributed by atoms with van der Waals surface area (Å²) in [5.74, 6) is -0.643. The Balaban J connectivity index is 1.64. The number of hydroxylamine groups is 1. The lowest BCUT2D eigenvalue weighted by atomic mass is 9.89. The number of ether oxygens (including phenoxy) is 1. The number of carboxylic acid groups (broad SMARTS) is 1. The van der Waals surface area contributed by atoms with E-state index in [0.29, 0.717) is 24.2 Å². The number of hydrogen-bond acceptors (Lipinski definition) is 8. The fraction of sp³-hybridized carbons (Fsp3) is 0.391. The Kier molecular flexibility index (Phi) is 9.32. The van der Waals surface area contributed by atoms with Crippen molar-refractivity contribution in [1.82, 2.24) is 20.7 Å². The van der Waals surface area contributed by atoms with Crippen LogP contribution in [0.15, 0.2) is 36.4 Å². The van der Waals surface area contributed by atoms with E-state index in [1.807, 2.05) is 0 Å². The number of nitrogens with one attached hydrogen (secondary N) is 2. The van der Waals surface area contributed by atoms with E-state index in [2.05, 4.69) is 10.3 Å². The van der Waals surface area contributed by atoms with Gasteiger partial charge in [0.05, 0.1) is 0 Å². The van der Waals surface area contributed by atoms with Crippen molar-refractivity contribution in [2.24, 2.45) is 5.73 Å². The number of aromatic nitrogens is 1. The van der Waals surface area contributed by atoms with Crippen LogP contribution in [-0.4, -0.2) is 52.1 Å². The predicted molar refractivity (Wildman–Crippen MR) is 128 cm³/mol. The van der Waals surface area contributed by atoms with Crippen molar-refractivity contribution in [3.05, 3.63) is 57.8 Å². The molecule has 194 valence electrons. The zero-order valence-corrected chi connectivity index (χ0v) is 20.7. The van der Waals surface area contributed by atoms with Crippen LogP contribution in [0.4, 0.5) is 4.79 Å². The summed E-state index contributed by atoms with van der Waals surface area (Å²) in [6.07, 6.45) is -0.0389. The van der Waals surface area contributed by atoms with E-state index in [4.69, 9.17) is 38.9 Å². The van der Waals surface area contributed by atoms with Crippen LogP contribution >= 0.6 is 23.2 Å². The molecule has 1 fully saturated rings. The van der Waals surface area contributed by atoms with Gasteiger partial charge < -0.3 is 30.6 Å². The Bertz CT molecular complexity index is 1080. The van der Waals surface area contributed by atoms with Gasteiger partial charge in [-0.15, -0.1) is 0 Å². The minimum Gasteiger partial charge on any atom is -0.530 e. The zero-order chi connectivity index (χ0) is 26.3. The molecule has 3 rings (SSSR count). The molecular weight excluding hydrogens is 513 g/mol. The number of carbonyl (C=O) groups is 3. The first-order valence-corrected chi connectivity index (χ1v) is 11.9. The summed E-state index contributed by atoms with van der Waals surface area (Å²) in [5.41, 5.74) is 8.05. The number of halogens is 2. The third kappa shape index (κ3) is 6.76. The maximum atomic E-state index is 13.3. The summed E-state index contributed by atoms with van der Waals surface area (Å²) in [4.78, 5) is 41.3. The van der Waals surface area contributed by atoms with E-state index in [1.165, 1.54) is 4.90 Å². The molecule has 2 heterocycles. The van der Waals surface area contributed by atoms with Crippen LogP contribution in [0.1, 0.15) is 36.8 Å². The molecule has 0 spiro atoms. The molecule has 0 aliphatic carbocycles. The topological polar surface area (TPSA) is 170 Å². The molecule has 1 aliphatic rings. The lowest BCUT2D eigenvalue weighted by Gasteiger charge is -2.29. The Morgan fingerprint density at radius 2 is 1.89 bits per heavy atom. The first kappa shape index (κ1) is 27.5. The molecule has 1 aliphatic heterocycles. The number of pyridine rings is 1. The second kappa shape index (κ2) is 12.2. The minimum absolute atomic E-state index is 0.153. The first-order chi connectivity index (χ1) is 17.1. The number of amides is 3. The monoisotopic (exact) mass is 538 g/mol. The second-order valence-electron chi connectivity index (χ2n) is 8.36. The lowest BCUT2D eigenvalue weighted by Crippen LogP contribution is -2.52. The van der Waals surface area contributed by atoms with Crippen molar-refractivity contribution in [2.75, 3.05) is 13.1 Å². The fourth-order valence-electron chi connectivity index (χ4n) is 4.10. The summed E-state index contributed by atoms with van der Waals surface area (Å²) in [6, 6.07) is 9.09. The van der Waals surface area contributed by atoms with Crippen molar-refractivity contribution in [3.8, 4) is 5.75 Å². The number of nitrogens with two attached hydrogens (primary N) is 1. The molecule has 13 heteroatoms. The quantitative estimate of drug-likeness (QED) is 0.143. The van der Waals surface area contributed by atoms with E-state index in [-0.39, 0.29) is 42.8 Å². The van der Waals surface area contributed by atoms with Gasteiger partial charge in [-0.1, -0.05) is 35.3 Å². The number of unbranched alkanes of at least 4 members (excludes halogenated alkanes) is 1. The van der Waals surface area contributed by atoms with Crippen LogP contribution in [-0.2, 0) is 21.7 Å². The molecule has 0 saturated carbocycles. The summed E-state index contributed by atoms with van der Waals surface area (Å²) in [5, 5.41) is 22.3.